The van der Waals surface area contributed by atoms with Gasteiger partial charge in [0.25, 0.3) is 0 Å². The van der Waals surface area contributed by atoms with E-state index in [1.165, 1.54) is 25.6 Å². The van der Waals surface area contributed by atoms with Gasteiger partial charge in [-0.15, -0.1) is 0 Å². The summed E-state index contributed by atoms with van der Waals surface area (Å²) in [5, 5.41) is 25.6. The molecule has 7 N–H and O–H groups in total. The van der Waals surface area contributed by atoms with Gasteiger partial charge in [-0.2, -0.15) is 11.8 Å². The Balaban J connectivity index is 4.46. The van der Waals surface area contributed by atoms with E-state index < -0.39 is 72.3 Å². The van der Waals surface area contributed by atoms with Crippen molar-refractivity contribution in [1.82, 2.24) is 16.0 Å². The Bertz CT molecular complexity index is 995. The Morgan fingerprint density at radius 3 is 2.07 bits per heavy atom. The molecular weight excluding hydrogens is 628 g/mol. The van der Waals surface area contributed by atoms with E-state index in [4.69, 9.17) is 29.8 Å². The molecule has 0 aromatic rings. The normalized spacial score (nSPS) is 13.6. The summed E-state index contributed by atoms with van der Waals surface area (Å²) in [6, 6.07) is -2.24. The van der Waals surface area contributed by atoms with E-state index in [0.29, 0.717) is 25.2 Å². The van der Waals surface area contributed by atoms with E-state index in [1.54, 1.807) is 0 Å². The van der Waals surface area contributed by atoms with Crippen LogP contribution in [0.5, 0.6) is 0 Å². The third kappa shape index (κ3) is 22.5. The van der Waals surface area contributed by atoms with Crippen LogP contribution in [0, 0.1) is 0 Å². The second-order valence-corrected chi connectivity index (χ2v) is 12.8. The summed E-state index contributed by atoms with van der Waals surface area (Å²) in [6.45, 7) is 9.49. The van der Waals surface area contributed by atoms with Crippen LogP contribution in [0.25, 0.3) is 0 Å². The minimum atomic E-state index is -1.23. The second-order valence-electron chi connectivity index (χ2n) is 11.7. The largest absolute Gasteiger partial charge is 0.480 e. The van der Waals surface area contributed by atoms with Gasteiger partial charge in [0.1, 0.15) is 18.7 Å². The molecule has 0 unspecified atom stereocenters. The molecular formula is C29H52N4O12S. The number of ether oxygens (including phenoxy) is 4. The van der Waals surface area contributed by atoms with Crippen LogP contribution in [0.3, 0.4) is 0 Å². The van der Waals surface area contributed by atoms with E-state index in [1.807, 2.05) is 27.7 Å². The van der Waals surface area contributed by atoms with E-state index in [2.05, 4.69) is 16.0 Å². The Morgan fingerprint density at radius 1 is 0.848 bits per heavy atom. The smallest absolute Gasteiger partial charge is 0.322 e. The standard InChI is InChI=1S/C29H52N4O12S/c1-19(35)42-12-8-21(45-20(2)36)17-46-18-22(30)26(40)33-23(16-34)27(41)31-11-14-44-29(5,6)10-13-43-28(3,4)9-7-24(37)32-15-25(38)39/h21-23,34H,7-18,30H2,1-6H3,(H,31,41)(H,32,37)(H,33,40)(H,38,39)/t21-,22+,23+/m1/s1. The van der Waals surface area contributed by atoms with Crippen molar-refractivity contribution in [3.8, 4) is 0 Å². The van der Waals surface area contributed by atoms with E-state index in [-0.39, 0.29) is 44.3 Å². The molecule has 3 amide bonds. The monoisotopic (exact) mass is 680 g/mol. The van der Waals surface area contributed by atoms with Gasteiger partial charge in [0.05, 0.1) is 43.7 Å². The minimum absolute atomic E-state index is 0.0746. The van der Waals surface area contributed by atoms with Crippen molar-refractivity contribution in [2.24, 2.45) is 5.73 Å². The zero-order valence-corrected chi connectivity index (χ0v) is 28.5. The first kappa shape index (κ1) is 43.0. The van der Waals surface area contributed by atoms with Crippen molar-refractivity contribution in [3.63, 3.8) is 0 Å². The number of carbonyl (C=O) groups excluding carboxylic acids is 5. The van der Waals surface area contributed by atoms with Crippen LogP contribution in [0.15, 0.2) is 0 Å². The number of carboxylic acid groups (broad SMARTS) is 1. The van der Waals surface area contributed by atoms with Crippen molar-refractivity contribution < 1.29 is 57.9 Å². The molecule has 0 aliphatic rings. The Morgan fingerprint density at radius 2 is 1.48 bits per heavy atom. The van der Waals surface area contributed by atoms with Gasteiger partial charge in [0.15, 0.2) is 0 Å². The van der Waals surface area contributed by atoms with E-state index in [9.17, 15) is 33.9 Å². The number of nitrogens with one attached hydrogen (secondary N) is 3. The number of carbonyl (C=O) groups is 6. The first-order valence-electron chi connectivity index (χ1n) is 15.0. The van der Waals surface area contributed by atoms with Crippen LogP contribution in [0.2, 0.25) is 0 Å². The third-order valence-electron chi connectivity index (χ3n) is 6.31. The minimum Gasteiger partial charge on any atom is -0.480 e. The number of rotatable bonds is 25. The van der Waals surface area contributed by atoms with E-state index in [0.717, 1.165) is 0 Å². The summed E-state index contributed by atoms with van der Waals surface area (Å²) < 4.78 is 21.8. The fourth-order valence-corrected chi connectivity index (χ4v) is 4.68. The first-order chi connectivity index (χ1) is 21.4. The number of amides is 3. The van der Waals surface area contributed by atoms with Crippen molar-refractivity contribution in [1.29, 1.82) is 0 Å². The summed E-state index contributed by atoms with van der Waals surface area (Å²) in [5.41, 5.74) is 4.72. The van der Waals surface area contributed by atoms with Crippen LogP contribution in [-0.4, -0.2) is 126 Å². The lowest BCUT2D eigenvalue weighted by atomic mass is 10.0. The first-order valence-corrected chi connectivity index (χ1v) is 16.1. The predicted octanol–water partition coefficient (Wildman–Crippen LogP) is -0.513. The lowest BCUT2D eigenvalue weighted by Crippen LogP contribution is -2.54. The van der Waals surface area contributed by atoms with Gasteiger partial charge in [0, 0.05) is 44.7 Å². The lowest BCUT2D eigenvalue weighted by Gasteiger charge is -2.30. The van der Waals surface area contributed by atoms with Gasteiger partial charge in [-0.1, -0.05) is 0 Å². The van der Waals surface area contributed by atoms with Gasteiger partial charge >= 0.3 is 17.9 Å². The molecule has 0 aliphatic heterocycles. The highest BCUT2D eigenvalue weighted by Gasteiger charge is 2.26. The second kappa shape index (κ2) is 22.5. The zero-order valence-electron chi connectivity index (χ0n) is 27.7. The SMILES string of the molecule is CC(=O)OCC[C@H](CSC[C@H](N)C(=O)N[C@@H](CO)C(=O)NCCOC(C)(C)CCOC(C)(C)CCC(=O)NCC(=O)O)OC(C)=O. The molecule has 17 heteroatoms. The third-order valence-corrected chi connectivity index (χ3v) is 7.52. The highest BCUT2D eigenvalue weighted by molar-refractivity contribution is 7.99. The Kier molecular flexibility index (Phi) is 21.1. The maximum Gasteiger partial charge on any atom is 0.322 e. The molecule has 0 saturated carbocycles. The summed E-state index contributed by atoms with van der Waals surface area (Å²) >= 11 is 1.25. The molecule has 0 heterocycles. The average Bonchev–Trinajstić information content (AvgIpc) is 2.94. The average molecular weight is 681 g/mol. The van der Waals surface area contributed by atoms with Gasteiger partial charge in [-0.3, -0.25) is 28.8 Å². The quantitative estimate of drug-likeness (QED) is 0.0526. The fraction of sp³-hybridized carbons (Fsp3) is 0.793. The molecule has 0 saturated heterocycles. The predicted molar refractivity (Wildman–Crippen MR) is 169 cm³/mol. The van der Waals surface area contributed by atoms with E-state index >= 15 is 0 Å². The van der Waals surface area contributed by atoms with Gasteiger partial charge in [-0.25, -0.2) is 0 Å². The number of esters is 2. The fourth-order valence-electron chi connectivity index (χ4n) is 3.64. The Hall–Kier alpha value is -2.99. The summed E-state index contributed by atoms with van der Waals surface area (Å²) in [7, 11) is 0. The molecule has 16 nitrogen and oxygen atoms in total. The molecule has 3 atom stereocenters. The zero-order chi connectivity index (χ0) is 35.3. The molecule has 0 aromatic heterocycles. The summed E-state index contributed by atoms with van der Waals surface area (Å²) in [4.78, 5) is 69.6. The van der Waals surface area contributed by atoms with Crippen LogP contribution in [0.4, 0.5) is 0 Å². The van der Waals surface area contributed by atoms with Gasteiger partial charge < -0.3 is 50.8 Å². The number of nitrogens with two attached hydrogens (primary N) is 1. The summed E-state index contributed by atoms with van der Waals surface area (Å²) in [5.74, 6) is -3.24. The number of aliphatic hydroxyl groups is 1. The van der Waals surface area contributed by atoms with Crippen LogP contribution < -0.4 is 21.7 Å². The van der Waals surface area contributed by atoms with Crippen molar-refractivity contribution in [2.75, 3.05) is 51.0 Å². The van der Waals surface area contributed by atoms with Crippen LogP contribution in [0.1, 0.15) is 67.2 Å². The number of hydrogen-bond acceptors (Lipinski definition) is 13. The lowest BCUT2D eigenvalue weighted by molar-refractivity contribution is -0.147. The number of aliphatic carboxylic acids is 1. The summed E-state index contributed by atoms with van der Waals surface area (Å²) in [6.07, 6.45) is 0.769. The molecule has 0 rings (SSSR count). The molecule has 0 spiro atoms. The molecule has 46 heavy (non-hydrogen) atoms. The molecule has 0 bridgehead atoms. The maximum absolute atomic E-state index is 12.5. The van der Waals surface area contributed by atoms with Crippen LogP contribution >= 0.6 is 11.8 Å². The topological polar surface area (TPSA) is 242 Å². The Labute approximate surface area is 274 Å². The van der Waals surface area contributed by atoms with Crippen molar-refractivity contribution in [3.05, 3.63) is 0 Å². The molecule has 0 radical (unpaired) electrons. The maximum atomic E-state index is 12.5. The van der Waals surface area contributed by atoms with Gasteiger partial charge in [-0.05, 0) is 40.5 Å². The van der Waals surface area contributed by atoms with Crippen molar-refractivity contribution >= 4 is 47.4 Å². The molecule has 0 fully saturated rings. The van der Waals surface area contributed by atoms with Crippen LogP contribution in [-0.2, 0) is 47.7 Å². The highest BCUT2D eigenvalue weighted by Crippen LogP contribution is 2.20. The number of carboxylic acids is 1. The number of aliphatic hydroxyl groups excluding tert-OH is 1. The number of thioether (sulfide) groups is 1. The highest BCUT2D eigenvalue weighted by atomic mass is 32.2. The molecule has 0 aliphatic carbocycles. The molecule has 266 valence electrons. The van der Waals surface area contributed by atoms with Gasteiger partial charge in [0.2, 0.25) is 17.7 Å². The molecule has 0 aromatic carbocycles. The number of hydrogen-bond donors (Lipinski definition) is 6. The van der Waals surface area contributed by atoms with Crippen molar-refractivity contribution in [2.45, 2.75) is 96.6 Å².